The summed E-state index contributed by atoms with van der Waals surface area (Å²) >= 11 is 0. The van der Waals surface area contributed by atoms with Crippen molar-refractivity contribution in [1.82, 2.24) is 10.2 Å². The topological polar surface area (TPSA) is 24.5 Å². The molecule has 0 aromatic rings. The Morgan fingerprint density at radius 3 is 2.72 bits per heavy atom. The summed E-state index contributed by atoms with van der Waals surface area (Å²) in [5.74, 6) is 0.728. The Bertz CT molecular complexity index is 241. The molecule has 1 aliphatic heterocycles. The van der Waals surface area contributed by atoms with E-state index in [0.717, 1.165) is 25.1 Å². The van der Waals surface area contributed by atoms with Crippen molar-refractivity contribution in [2.24, 2.45) is 5.92 Å². The third kappa shape index (κ3) is 4.22. The Balaban J connectivity index is 1.73. The van der Waals surface area contributed by atoms with Crippen molar-refractivity contribution in [3.63, 3.8) is 0 Å². The van der Waals surface area contributed by atoms with Crippen molar-refractivity contribution < 1.29 is 4.74 Å². The molecule has 2 fully saturated rings. The van der Waals surface area contributed by atoms with Gasteiger partial charge in [0.2, 0.25) is 0 Å². The van der Waals surface area contributed by atoms with E-state index in [1.807, 2.05) is 0 Å². The molecular formula is C15H30N2O. The minimum absolute atomic E-state index is 0.467. The van der Waals surface area contributed by atoms with Crippen LogP contribution in [-0.4, -0.2) is 49.3 Å². The predicted octanol–water partition coefficient (Wildman–Crippen LogP) is 2.26. The molecule has 0 radical (unpaired) electrons. The van der Waals surface area contributed by atoms with Gasteiger partial charge in [-0.25, -0.2) is 0 Å². The minimum atomic E-state index is 0.467. The molecule has 1 N–H and O–H groups in total. The highest BCUT2D eigenvalue weighted by Gasteiger charge is 2.28. The van der Waals surface area contributed by atoms with E-state index < -0.39 is 0 Å². The lowest BCUT2D eigenvalue weighted by Gasteiger charge is -2.39. The summed E-state index contributed by atoms with van der Waals surface area (Å²) in [6.07, 6.45) is 5.77. The molecule has 0 aromatic heterocycles. The second kappa shape index (κ2) is 6.88. The number of hydrogen-bond donors (Lipinski definition) is 1. The fourth-order valence-corrected chi connectivity index (χ4v) is 2.88. The van der Waals surface area contributed by atoms with Gasteiger partial charge in [-0.15, -0.1) is 0 Å². The van der Waals surface area contributed by atoms with E-state index in [9.17, 15) is 0 Å². The number of piperidine rings is 1. The van der Waals surface area contributed by atoms with Crippen LogP contribution in [0.25, 0.3) is 0 Å². The van der Waals surface area contributed by atoms with Crippen LogP contribution in [-0.2, 0) is 4.74 Å². The van der Waals surface area contributed by atoms with E-state index in [1.165, 1.54) is 38.8 Å². The number of nitrogens with zero attached hydrogens (tertiary/aromatic N) is 1. The summed E-state index contributed by atoms with van der Waals surface area (Å²) < 4.78 is 5.79. The Hall–Kier alpha value is -0.120. The Morgan fingerprint density at radius 1 is 1.28 bits per heavy atom. The first kappa shape index (κ1) is 14.3. The standard InChI is InChI=1S/C15H30N2O/c1-4-18-15-6-5-9-17(11-15)13(3)12(2)10-16-14-7-8-14/h12-16H,4-11H2,1-3H3. The van der Waals surface area contributed by atoms with Gasteiger partial charge in [0.15, 0.2) is 0 Å². The summed E-state index contributed by atoms with van der Waals surface area (Å²) in [5, 5.41) is 3.65. The number of rotatable bonds is 7. The maximum Gasteiger partial charge on any atom is 0.0702 e. The van der Waals surface area contributed by atoms with E-state index >= 15 is 0 Å². The molecule has 3 atom stereocenters. The van der Waals surface area contributed by atoms with Crippen molar-refractivity contribution in [2.45, 2.75) is 64.6 Å². The van der Waals surface area contributed by atoms with Crippen LogP contribution in [0.2, 0.25) is 0 Å². The maximum absolute atomic E-state index is 5.79. The summed E-state index contributed by atoms with van der Waals surface area (Å²) in [6.45, 7) is 11.3. The maximum atomic E-state index is 5.79. The second-order valence-electron chi connectivity index (χ2n) is 6.11. The van der Waals surface area contributed by atoms with Crippen molar-refractivity contribution in [3.05, 3.63) is 0 Å². The zero-order chi connectivity index (χ0) is 13.0. The van der Waals surface area contributed by atoms with Crippen LogP contribution in [0.5, 0.6) is 0 Å². The Kier molecular flexibility index (Phi) is 5.46. The quantitative estimate of drug-likeness (QED) is 0.754. The first-order chi connectivity index (χ1) is 8.70. The molecular weight excluding hydrogens is 224 g/mol. The molecule has 0 amide bonds. The van der Waals surface area contributed by atoms with Crippen LogP contribution in [0.1, 0.15) is 46.5 Å². The second-order valence-corrected chi connectivity index (χ2v) is 6.11. The normalized spacial score (nSPS) is 29.2. The molecule has 3 unspecified atom stereocenters. The molecule has 0 spiro atoms. The van der Waals surface area contributed by atoms with Gasteiger partial charge in [-0.3, -0.25) is 4.90 Å². The SMILES string of the molecule is CCOC1CCCN(C(C)C(C)CNC2CC2)C1. The molecule has 1 heterocycles. The number of ether oxygens (including phenoxy) is 1. The van der Waals surface area contributed by atoms with Crippen molar-refractivity contribution >= 4 is 0 Å². The minimum Gasteiger partial charge on any atom is -0.377 e. The van der Waals surface area contributed by atoms with Crippen molar-refractivity contribution in [3.8, 4) is 0 Å². The van der Waals surface area contributed by atoms with Crippen LogP contribution in [0.4, 0.5) is 0 Å². The summed E-state index contributed by atoms with van der Waals surface area (Å²) in [5.41, 5.74) is 0. The van der Waals surface area contributed by atoms with Gasteiger partial charge in [-0.05, 0) is 58.5 Å². The van der Waals surface area contributed by atoms with Gasteiger partial charge in [-0.2, -0.15) is 0 Å². The lowest BCUT2D eigenvalue weighted by Crippen LogP contribution is -2.48. The van der Waals surface area contributed by atoms with E-state index in [4.69, 9.17) is 4.74 Å². The molecule has 3 heteroatoms. The highest BCUT2D eigenvalue weighted by atomic mass is 16.5. The first-order valence-corrected chi connectivity index (χ1v) is 7.79. The molecule has 1 saturated carbocycles. The molecule has 2 rings (SSSR count). The summed E-state index contributed by atoms with van der Waals surface area (Å²) in [6, 6.07) is 1.50. The third-order valence-electron chi connectivity index (χ3n) is 4.52. The average Bonchev–Trinajstić information content (AvgIpc) is 3.20. The van der Waals surface area contributed by atoms with Crippen LogP contribution in [0.15, 0.2) is 0 Å². The Morgan fingerprint density at radius 2 is 2.06 bits per heavy atom. The zero-order valence-corrected chi connectivity index (χ0v) is 12.3. The number of nitrogens with one attached hydrogen (secondary N) is 1. The van der Waals surface area contributed by atoms with E-state index in [1.54, 1.807) is 0 Å². The molecule has 1 aliphatic carbocycles. The highest BCUT2D eigenvalue weighted by molar-refractivity contribution is 4.85. The van der Waals surface area contributed by atoms with Crippen molar-refractivity contribution in [2.75, 3.05) is 26.2 Å². The fourth-order valence-electron chi connectivity index (χ4n) is 2.88. The fraction of sp³-hybridized carbons (Fsp3) is 1.00. The summed E-state index contributed by atoms with van der Waals surface area (Å²) in [7, 11) is 0. The number of likely N-dealkylation sites (tertiary alicyclic amines) is 1. The molecule has 1 saturated heterocycles. The van der Waals surface area contributed by atoms with E-state index in [-0.39, 0.29) is 0 Å². The van der Waals surface area contributed by atoms with E-state index in [2.05, 4.69) is 31.0 Å². The molecule has 0 bridgehead atoms. The lowest BCUT2D eigenvalue weighted by molar-refractivity contribution is -0.0120. The lowest BCUT2D eigenvalue weighted by atomic mass is 9.98. The van der Waals surface area contributed by atoms with Crippen LogP contribution in [0.3, 0.4) is 0 Å². The highest BCUT2D eigenvalue weighted by Crippen LogP contribution is 2.22. The van der Waals surface area contributed by atoms with Crippen molar-refractivity contribution in [1.29, 1.82) is 0 Å². The molecule has 106 valence electrons. The van der Waals surface area contributed by atoms with Crippen LogP contribution in [0, 0.1) is 5.92 Å². The molecule has 3 nitrogen and oxygen atoms in total. The van der Waals surface area contributed by atoms with Gasteiger partial charge in [-0.1, -0.05) is 6.92 Å². The third-order valence-corrected chi connectivity index (χ3v) is 4.52. The zero-order valence-electron chi connectivity index (χ0n) is 12.3. The van der Waals surface area contributed by atoms with Gasteiger partial charge in [0.25, 0.3) is 0 Å². The monoisotopic (exact) mass is 254 g/mol. The predicted molar refractivity (Wildman–Crippen MR) is 75.9 cm³/mol. The Labute approximate surface area is 112 Å². The van der Waals surface area contributed by atoms with Crippen LogP contribution < -0.4 is 5.32 Å². The van der Waals surface area contributed by atoms with Gasteiger partial charge >= 0.3 is 0 Å². The largest absolute Gasteiger partial charge is 0.377 e. The number of hydrogen-bond acceptors (Lipinski definition) is 3. The molecule has 0 aromatic carbocycles. The average molecular weight is 254 g/mol. The molecule has 18 heavy (non-hydrogen) atoms. The van der Waals surface area contributed by atoms with Gasteiger partial charge < -0.3 is 10.1 Å². The first-order valence-electron chi connectivity index (χ1n) is 7.79. The smallest absolute Gasteiger partial charge is 0.0702 e. The van der Waals surface area contributed by atoms with Crippen LogP contribution >= 0.6 is 0 Å². The van der Waals surface area contributed by atoms with E-state index in [0.29, 0.717) is 12.1 Å². The van der Waals surface area contributed by atoms with Gasteiger partial charge in [0.1, 0.15) is 0 Å². The van der Waals surface area contributed by atoms with Gasteiger partial charge in [0.05, 0.1) is 6.10 Å². The summed E-state index contributed by atoms with van der Waals surface area (Å²) in [4.78, 5) is 2.63. The molecule has 2 aliphatic rings. The van der Waals surface area contributed by atoms with Gasteiger partial charge in [0, 0.05) is 25.2 Å².